The number of amides is 2. The summed E-state index contributed by atoms with van der Waals surface area (Å²) in [7, 11) is 0. The molecule has 6 heteroatoms. The largest absolute Gasteiger partial charge is 0.480 e. The third-order valence-corrected chi connectivity index (χ3v) is 3.57. The molecule has 112 valence electrons. The number of carboxylic acid groups (broad SMARTS) is 1. The minimum Gasteiger partial charge on any atom is -0.480 e. The molecule has 0 saturated carbocycles. The normalized spacial score (nSPS) is 19.1. The highest BCUT2D eigenvalue weighted by atomic mass is 16.4. The van der Waals surface area contributed by atoms with Crippen molar-refractivity contribution in [2.45, 2.75) is 31.8 Å². The van der Waals surface area contributed by atoms with Crippen LogP contribution in [0.25, 0.3) is 0 Å². The summed E-state index contributed by atoms with van der Waals surface area (Å²) in [6.07, 6.45) is 1.13. The van der Waals surface area contributed by atoms with E-state index in [-0.39, 0.29) is 11.8 Å². The first kappa shape index (κ1) is 15.0. The molecule has 0 radical (unpaired) electrons. The van der Waals surface area contributed by atoms with Gasteiger partial charge in [-0.05, 0) is 31.9 Å². The zero-order valence-corrected chi connectivity index (χ0v) is 11.8. The van der Waals surface area contributed by atoms with Gasteiger partial charge in [0.05, 0.1) is 0 Å². The molecule has 0 spiro atoms. The van der Waals surface area contributed by atoms with E-state index in [2.05, 4.69) is 5.32 Å². The van der Waals surface area contributed by atoms with Gasteiger partial charge in [0.15, 0.2) is 0 Å². The molecule has 1 fully saturated rings. The first-order chi connectivity index (χ1) is 10.0. The lowest BCUT2D eigenvalue weighted by Crippen LogP contribution is -2.50. The van der Waals surface area contributed by atoms with Crippen LogP contribution in [0.5, 0.6) is 0 Å². The summed E-state index contributed by atoms with van der Waals surface area (Å²) < 4.78 is 0. The van der Waals surface area contributed by atoms with E-state index in [0.717, 1.165) is 0 Å². The Morgan fingerprint density at radius 2 is 1.95 bits per heavy atom. The zero-order valence-electron chi connectivity index (χ0n) is 11.8. The summed E-state index contributed by atoms with van der Waals surface area (Å²) in [6.45, 7) is 1.99. The van der Waals surface area contributed by atoms with Crippen LogP contribution in [0.2, 0.25) is 0 Å². The highest BCUT2D eigenvalue weighted by Crippen LogP contribution is 2.18. The van der Waals surface area contributed by atoms with Crippen molar-refractivity contribution < 1.29 is 19.5 Å². The fraction of sp³-hybridized carbons (Fsp3) is 0.400. The third-order valence-electron chi connectivity index (χ3n) is 3.57. The maximum atomic E-state index is 12.3. The Morgan fingerprint density at radius 1 is 1.29 bits per heavy atom. The molecule has 1 aliphatic rings. The predicted molar refractivity (Wildman–Crippen MR) is 75.7 cm³/mol. The molecule has 6 nitrogen and oxygen atoms in total. The molecule has 1 saturated heterocycles. The number of rotatable bonds is 4. The van der Waals surface area contributed by atoms with E-state index in [1.165, 1.54) is 4.90 Å². The van der Waals surface area contributed by atoms with E-state index in [4.69, 9.17) is 5.11 Å². The summed E-state index contributed by atoms with van der Waals surface area (Å²) in [5.41, 5.74) is 0.466. The van der Waals surface area contributed by atoms with Crippen LogP contribution >= 0.6 is 0 Å². The fourth-order valence-electron chi connectivity index (χ4n) is 2.47. The van der Waals surface area contributed by atoms with E-state index >= 15 is 0 Å². The first-order valence-electron chi connectivity index (χ1n) is 6.90. The zero-order chi connectivity index (χ0) is 15.4. The van der Waals surface area contributed by atoms with E-state index in [0.29, 0.717) is 24.9 Å². The molecule has 1 aliphatic heterocycles. The smallest absolute Gasteiger partial charge is 0.326 e. The Hall–Kier alpha value is -2.37. The van der Waals surface area contributed by atoms with Crippen LogP contribution in [0.3, 0.4) is 0 Å². The van der Waals surface area contributed by atoms with Crippen LogP contribution < -0.4 is 5.32 Å². The second kappa shape index (κ2) is 6.39. The molecule has 2 atom stereocenters. The van der Waals surface area contributed by atoms with Gasteiger partial charge in [0, 0.05) is 12.1 Å². The standard InChI is InChI=1S/C15H18N2O4/c1-10(16-13(18)11-6-3-2-4-7-11)14(19)17-9-5-8-12(17)15(20)21/h2-4,6-7,10,12H,5,8-9H2,1H3,(H,16,18)(H,20,21)/t10?,12-/m0/s1. The Kier molecular flexibility index (Phi) is 4.57. The van der Waals surface area contributed by atoms with Gasteiger partial charge in [0.25, 0.3) is 5.91 Å². The number of nitrogens with one attached hydrogen (secondary N) is 1. The highest BCUT2D eigenvalue weighted by Gasteiger charge is 2.36. The van der Waals surface area contributed by atoms with Crippen molar-refractivity contribution in [3.63, 3.8) is 0 Å². The second-order valence-corrected chi connectivity index (χ2v) is 5.09. The van der Waals surface area contributed by atoms with Crippen LogP contribution in [0.15, 0.2) is 30.3 Å². The van der Waals surface area contributed by atoms with Crippen LogP contribution in [-0.2, 0) is 9.59 Å². The van der Waals surface area contributed by atoms with Crippen molar-refractivity contribution in [3.05, 3.63) is 35.9 Å². The number of likely N-dealkylation sites (tertiary alicyclic amines) is 1. The Labute approximate surface area is 122 Å². The second-order valence-electron chi connectivity index (χ2n) is 5.09. The van der Waals surface area contributed by atoms with E-state index in [9.17, 15) is 14.4 Å². The average molecular weight is 290 g/mol. The molecular formula is C15H18N2O4. The Bertz CT molecular complexity index is 544. The van der Waals surface area contributed by atoms with Crippen molar-refractivity contribution in [1.82, 2.24) is 10.2 Å². The predicted octanol–water partition coefficient (Wildman–Crippen LogP) is 0.881. The molecule has 0 bridgehead atoms. The monoisotopic (exact) mass is 290 g/mol. The number of carbonyl (C=O) groups is 3. The van der Waals surface area contributed by atoms with Gasteiger partial charge in [-0.25, -0.2) is 4.79 Å². The van der Waals surface area contributed by atoms with Gasteiger partial charge in [0.1, 0.15) is 12.1 Å². The number of carbonyl (C=O) groups excluding carboxylic acids is 2. The van der Waals surface area contributed by atoms with E-state index in [1.807, 2.05) is 0 Å². The van der Waals surface area contributed by atoms with Crippen molar-refractivity contribution in [2.75, 3.05) is 6.54 Å². The van der Waals surface area contributed by atoms with Crippen LogP contribution in [0, 0.1) is 0 Å². The van der Waals surface area contributed by atoms with Gasteiger partial charge in [0.2, 0.25) is 5.91 Å². The molecule has 0 aromatic heterocycles. The molecule has 2 N–H and O–H groups in total. The van der Waals surface area contributed by atoms with Crippen LogP contribution in [-0.4, -0.2) is 46.4 Å². The van der Waals surface area contributed by atoms with Crippen LogP contribution in [0.4, 0.5) is 0 Å². The first-order valence-corrected chi connectivity index (χ1v) is 6.90. The average Bonchev–Trinajstić information content (AvgIpc) is 2.96. The number of benzene rings is 1. The van der Waals surface area contributed by atoms with Gasteiger partial charge in [-0.15, -0.1) is 0 Å². The number of hydrogen-bond acceptors (Lipinski definition) is 3. The summed E-state index contributed by atoms with van der Waals surface area (Å²) in [4.78, 5) is 36.7. The van der Waals surface area contributed by atoms with Gasteiger partial charge in [-0.2, -0.15) is 0 Å². The minimum atomic E-state index is -0.998. The summed E-state index contributed by atoms with van der Waals surface area (Å²) in [5.74, 6) is -1.70. The van der Waals surface area contributed by atoms with Crippen molar-refractivity contribution in [1.29, 1.82) is 0 Å². The number of carboxylic acids is 1. The quantitative estimate of drug-likeness (QED) is 0.862. The molecular weight excluding hydrogens is 272 g/mol. The lowest BCUT2D eigenvalue weighted by atomic mass is 10.2. The van der Waals surface area contributed by atoms with E-state index < -0.39 is 18.1 Å². The highest BCUT2D eigenvalue weighted by molar-refractivity contribution is 5.98. The molecule has 1 heterocycles. The van der Waals surface area contributed by atoms with Gasteiger partial charge in [-0.1, -0.05) is 18.2 Å². The van der Waals surface area contributed by atoms with E-state index in [1.54, 1.807) is 37.3 Å². The molecule has 2 rings (SSSR count). The Morgan fingerprint density at radius 3 is 2.57 bits per heavy atom. The fourth-order valence-corrected chi connectivity index (χ4v) is 2.47. The van der Waals surface area contributed by atoms with Crippen molar-refractivity contribution >= 4 is 17.8 Å². The molecule has 1 unspecified atom stereocenters. The number of hydrogen-bond donors (Lipinski definition) is 2. The lowest BCUT2D eigenvalue weighted by molar-refractivity contribution is -0.148. The third kappa shape index (κ3) is 3.39. The van der Waals surface area contributed by atoms with Gasteiger partial charge in [-0.3, -0.25) is 9.59 Å². The summed E-state index contributed by atoms with van der Waals surface area (Å²) in [6, 6.07) is 7.05. The van der Waals surface area contributed by atoms with Gasteiger partial charge >= 0.3 is 5.97 Å². The SMILES string of the molecule is CC(NC(=O)c1ccccc1)C(=O)N1CCC[C@H]1C(=O)O. The minimum absolute atomic E-state index is 0.345. The molecule has 1 aromatic rings. The molecule has 21 heavy (non-hydrogen) atoms. The maximum absolute atomic E-state index is 12.3. The summed E-state index contributed by atoms with van der Waals surface area (Å²) >= 11 is 0. The maximum Gasteiger partial charge on any atom is 0.326 e. The number of aliphatic carboxylic acids is 1. The molecule has 0 aliphatic carbocycles. The van der Waals surface area contributed by atoms with Crippen molar-refractivity contribution in [3.8, 4) is 0 Å². The van der Waals surface area contributed by atoms with Crippen molar-refractivity contribution in [2.24, 2.45) is 0 Å². The molecule has 2 amide bonds. The van der Waals surface area contributed by atoms with Crippen LogP contribution in [0.1, 0.15) is 30.1 Å². The topological polar surface area (TPSA) is 86.7 Å². The van der Waals surface area contributed by atoms with Gasteiger partial charge < -0.3 is 15.3 Å². The lowest BCUT2D eigenvalue weighted by Gasteiger charge is -2.25. The Balaban J connectivity index is 2.00. The summed E-state index contributed by atoms with van der Waals surface area (Å²) in [5, 5.41) is 11.7. The number of nitrogens with zero attached hydrogens (tertiary/aromatic N) is 1. The molecule has 1 aromatic carbocycles.